The van der Waals surface area contributed by atoms with Gasteiger partial charge < -0.3 is 24.3 Å². The number of para-hydroxylation sites is 1. The van der Waals surface area contributed by atoms with Crippen molar-refractivity contribution in [2.24, 2.45) is 11.8 Å². The molecule has 2 fully saturated rings. The maximum absolute atomic E-state index is 13.8. The highest BCUT2D eigenvalue weighted by Gasteiger charge is 2.66. The lowest BCUT2D eigenvalue weighted by molar-refractivity contribution is -0.171. The van der Waals surface area contributed by atoms with Gasteiger partial charge in [-0.05, 0) is 56.2 Å². The first-order valence-electron chi connectivity index (χ1n) is 14.6. The molecule has 41 heavy (non-hydrogen) atoms. The van der Waals surface area contributed by atoms with Gasteiger partial charge in [0.25, 0.3) is 0 Å². The van der Waals surface area contributed by atoms with Gasteiger partial charge >= 0.3 is 11.9 Å². The molecule has 0 radical (unpaired) electrons. The highest BCUT2D eigenvalue weighted by Crippen LogP contribution is 2.62. The van der Waals surface area contributed by atoms with Crippen LogP contribution in [0, 0.1) is 11.8 Å². The molecule has 218 valence electrons. The zero-order valence-electron chi connectivity index (χ0n) is 24.6. The van der Waals surface area contributed by atoms with Crippen molar-refractivity contribution in [1.82, 2.24) is 4.90 Å². The van der Waals surface area contributed by atoms with Gasteiger partial charge in [-0.15, -0.1) is 0 Å². The summed E-state index contributed by atoms with van der Waals surface area (Å²) in [6.45, 7) is 7.90. The molecule has 0 unspecified atom stereocenters. The Bertz CT molecular complexity index is 1370. The number of nitrogens with zero attached hydrogens (tertiary/aromatic N) is 1. The number of esters is 2. The fraction of sp³-hybridized carbons (Fsp3) is 0.515. The lowest BCUT2D eigenvalue weighted by atomic mass is 9.57. The molecule has 0 saturated carbocycles. The van der Waals surface area contributed by atoms with Crippen LogP contribution < -0.4 is 5.32 Å². The summed E-state index contributed by atoms with van der Waals surface area (Å²) >= 11 is 0. The maximum Gasteiger partial charge on any atom is 0.336 e. The highest BCUT2D eigenvalue weighted by atomic mass is 16.8. The number of methoxy groups -OCH3 is 2. The normalized spacial score (nSPS) is 31.7. The molecule has 3 aliphatic heterocycles. The fourth-order valence-corrected chi connectivity index (χ4v) is 8.06. The van der Waals surface area contributed by atoms with Gasteiger partial charge in [0.1, 0.15) is 0 Å². The van der Waals surface area contributed by atoms with Crippen LogP contribution in [0.4, 0.5) is 5.69 Å². The van der Waals surface area contributed by atoms with Crippen molar-refractivity contribution in [1.29, 1.82) is 0 Å². The van der Waals surface area contributed by atoms with E-state index in [0.717, 1.165) is 36.5 Å². The van der Waals surface area contributed by atoms with Crippen LogP contribution in [0.25, 0.3) is 0 Å². The summed E-state index contributed by atoms with van der Waals surface area (Å²) in [5.41, 5.74) is 3.32. The van der Waals surface area contributed by atoms with Gasteiger partial charge in [0.05, 0.1) is 43.3 Å². The second-order valence-corrected chi connectivity index (χ2v) is 12.3. The van der Waals surface area contributed by atoms with Crippen molar-refractivity contribution in [2.45, 2.75) is 69.4 Å². The quantitative estimate of drug-likeness (QED) is 0.484. The first kappa shape index (κ1) is 27.9. The van der Waals surface area contributed by atoms with Crippen molar-refractivity contribution in [3.8, 4) is 0 Å². The molecule has 1 spiro atoms. The Morgan fingerprint density at radius 3 is 2.44 bits per heavy atom. The molecule has 3 heterocycles. The van der Waals surface area contributed by atoms with E-state index in [-0.39, 0.29) is 12.0 Å². The van der Waals surface area contributed by atoms with Gasteiger partial charge in [-0.25, -0.2) is 4.79 Å². The van der Waals surface area contributed by atoms with Crippen LogP contribution in [-0.4, -0.2) is 61.6 Å². The van der Waals surface area contributed by atoms with E-state index < -0.39 is 34.7 Å². The SMILES string of the molecule is CC[C@@]1(C[C@H]2[C@H](C(=O)OC)C(C(=O)OC)=C3Nc4ccccc4[C@]34CCN(Cc3ccccc3)[C@H]24)COC(C)(C)O1. The number of nitrogens with one attached hydrogen (secondary N) is 1. The molecular weight excluding hydrogens is 520 g/mol. The highest BCUT2D eigenvalue weighted by molar-refractivity contribution is 5.99. The van der Waals surface area contributed by atoms with Crippen LogP contribution in [0.15, 0.2) is 65.9 Å². The monoisotopic (exact) mass is 560 g/mol. The number of anilines is 1. The molecule has 0 bridgehead atoms. The third-order valence-electron chi connectivity index (χ3n) is 9.71. The van der Waals surface area contributed by atoms with Crippen molar-refractivity contribution in [3.63, 3.8) is 0 Å². The average Bonchev–Trinajstić information content (AvgIpc) is 3.63. The van der Waals surface area contributed by atoms with Crippen LogP contribution in [0.1, 0.15) is 51.2 Å². The molecule has 1 aliphatic carbocycles. The van der Waals surface area contributed by atoms with Gasteiger partial charge in [0.15, 0.2) is 5.79 Å². The molecule has 2 aromatic carbocycles. The number of fused-ring (bicyclic) bond motifs is 1. The summed E-state index contributed by atoms with van der Waals surface area (Å²) in [5.74, 6) is -2.83. The van der Waals surface area contributed by atoms with E-state index in [9.17, 15) is 9.59 Å². The van der Waals surface area contributed by atoms with Crippen LogP contribution in [0.5, 0.6) is 0 Å². The molecule has 5 atom stereocenters. The molecule has 2 saturated heterocycles. The molecule has 6 rings (SSSR count). The Balaban J connectivity index is 1.58. The van der Waals surface area contributed by atoms with Gasteiger partial charge in [0, 0.05) is 30.5 Å². The Kier molecular flexibility index (Phi) is 6.99. The van der Waals surface area contributed by atoms with Crippen LogP contribution in [-0.2, 0) is 40.5 Å². The van der Waals surface area contributed by atoms with E-state index in [0.29, 0.717) is 25.0 Å². The van der Waals surface area contributed by atoms with Crippen molar-refractivity contribution in [3.05, 3.63) is 77.0 Å². The first-order chi connectivity index (χ1) is 19.7. The topological polar surface area (TPSA) is 86.3 Å². The van der Waals surface area contributed by atoms with E-state index in [1.54, 1.807) is 0 Å². The molecular formula is C33H40N2O6. The van der Waals surface area contributed by atoms with Crippen molar-refractivity contribution >= 4 is 17.6 Å². The Labute approximate surface area is 242 Å². The predicted molar refractivity (Wildman–Crippen MR) is 154 cm³/mol. The smallest absolute Gasteiger partial charge is 0.336 e. The lowest BCUT2D eigenvalue weighted by Gasteiger charge is -2.50. The summed E-state index contributed by atoms with van der Waals surface area (Å²) in [4.78, 5) is 30.0. The maximum atomic E-state index is 13.8. The van der Waals surface area contributed by atoms with Crippen LogP contribution >= 0.6 is 0 Å². The Morgan fingerprint density at radius 2 is 1.78 bits per heavy atom. The second kappa shape index (κ2) is 10.3. The molecule has 0 amide bonds. The Hall–Kier alpha value is -3.20. The predicted octanol–water partition coefficient (Wildman–Crippen LogP) is 4.79. The number of rotatable bonds is 7. The van der Waals surface area contributed by atoms with Gasteiger partial charge in [0.2, 0.25) is 0 Å². The van der Waals surface area contributed by atoms with Gasteiger partial charge in [-0.3, -0.25) is 9.69 Å². The Morgan fingerprint density at radius 1 is 1.05 bits per heavy atom. The zero-order valence-corrected chi connectivity index (χ0v) is 24.6. The number of ether oxygens (including phenoxy) is 4. The third kappa shape index (κ3) is 4.39. The number of carbonyl (C=O) groups excluding carboxylic acids is 2. The van der Waals surface area contributed by atoms with E-state index >= 15 is 0 Å². The summed E-state index contributed by atoms with van der Waals surface area (Å²) in [6.07, 6.45) is 2.04. The van der Waals surface area contributed by atoms with E-state index in [4.69, 9.17) is 18.9 Å². The number of hydrogen-bond acceptors (Lipinski definition) is 8. The van der Waals surface area contributed by atoms with Crippen LogP contribution in [0.2, 0.25) is 0 Å². The minimum Gasteiger partial charge on any atom is -0.469 e. The molecule has 4 aliphatic rings. The summed E-state index contributed by atoms with van der Waals surface area (Å²) in [5, 5.41) is 3.60. The zero-order chi connectivity index (χ0) is 29.0. The standard InChI is InChI=1S/C33H40N2O6/c1-6-32(20-40-31(2,3)41-32)18-22-25(29(36)38-4)26(30(37)39-5)27-33(23-14-10-11-15-24(23)34-27)16-17-35(28(22)33)19-21-12-8-7-9-13-21/h7-15,22,25,28,34H,6,16-20H2,1-5H3/t22-,25-,28+,32+,33+/m0/s1. The molecule has 0 aromatic heterocycles. The minimum absolute atomic E-state index is 0.109. The number of benzene rings is 2. The van der Waals surface area contributed by atoms with Crippen molar-refractivity contribution in [2.75, 3.05) is 32.7 Å². The molecule has 8 heteroatoms. The number of carbonyl (C=O) groups is 2. The fourth-order valence-electron chi connectivity index (χ4n) is 8.06. The largest absolute Gasteiger partial charge is 0.469 e. The molecule has 1 N–H and O–H groups in total. The van der Waals surface area contributed by atoms with Gasteiger partial charge in [-0.2, -0.15) is 0 Å². The minimum atomic E-state index is -0.838. The lowest BCUT2D eigenvalue weighted by Crippen LogP contribution is -2.58. The van der Waals surface area contributed by atoms with E-state index in [2.05, 4.69) is 53.5 Å². The second-order valence-electron chi connectivity index (χ2n) is 12.3. The molecule has 8 nitrogen and oxygen atoms in total. The molecule has 2 aromatic rings. The third-order valence-corrected chi connectivity index (χ3v) is 9.71. The van der Waals surface area contributed by atoms with Crippen LogP contribution in [0.3, 0.4) is 0 Å². The van der Waals surface area contributed by atoms with Gasteiger partial charge in [-0.1, -0.05) is 55.5 Å². The summed E-state index contributed by atoms with van der Waals surface area (Å²) < 4.78 is 23.5. The number of hydrogen-bond donors (Lipinski definition) is 1. The summed E-state index contributed by atoms with van der Waals surface area (Å²) in [7, 11) is 2.77. The van der Waals surface area contributed by atoms with E-state index in [1.165, 1.54) is 19.8 Å². The first-order valence-corrected chi connectivity index (χ1v) is 14.6. The van der Waals surface area contributed by atoms with Crippen molar-refractivity contribution < 1.29 is 28.5 Å². The number of likely N-dealkylation sites (tertiary alicyclic amines) is 1. The average molecular weight is 561 g/mol. The summed E-state index contributed by atoms with van der Waals surface area (Å²) in [6, 6.07) is 18.6. The van der Waals surface area contributed by atoms with E-state index in [1.807, 2.05) is 32.0 Å².